The Bertz CT molecular complexity index is 1580. The average Bonchev–Trinajstić information content (AvgIpc) is 3.10. The van der Waals surface area contributed by atoms with Gasteiger partial charge in [0.05, 0.1) is 11.1 Å². The van der Waals surface area contributed by atoms with Crippen molar-refractivity contribution in [1.82, 2.24) is 4.57 Å². The van der Waals surface area contributed by atoms with Gasteiger partial charge >= 0.3 is 17.9 Å². The Balaban J connectivity index is 1.71. The van der Waals surface area contributed by atoms with Crippen LogP contribution in [0.2, 0.25) is 5.02 Å². The molecule has 0 spiro atoms. The first-order valence-corrected chi connectivity index (χ1v) is 11.0. The van der Waals surface area contributed by atoms with E-state index >= 15 is 0 Å². The number of ether oxygens (including phenoxy) is 1. The largest absolute Gasteiger partial charge is 0.478 e. The van der Waals surface area contributed by atoms with Crippen LogP contribution in [0, 0.1) is 5.82 Å². The van der Waals surface area contributed by atoms with E-state index in [1.807, 2.05) is 0 Å². The molecule has 4 aromatic rings. The molecule has 0 aliphatic carbocycles. The van der Waals surface area contributed by atoms with Gasteiger partial charge in [0.2, 0.25) is 0 Å². The number of alkyl halides is 3. The van der Waals surface area contributed by atoms with Crippen molar-refractivity contribution >= 4 is 28.7 Å². The Hall–Kier alpha value is -3.83. The maximum absolute atomic E-state index is 14.4. The maximum atomic E-state index is 14.4. The molecule has 0 fully saturated rings. The summed E-state index contributed by atoms with van der Waals surface area (Å²) in [5, 5.41) is 19.9. The normalized spacial score (nSPS) is 14.4. The van der Waals surface area contributed by atoms with Gasteiger partial charge in [-0.05, 0) is 47.5 Å². The number of hydrogen-bond donors (Lipinski definition) is 2. The molecule has 0 saturated heterocycles. The maximum Gasteiger partial charge on any atom is 0.422 e. The van der Waals surface area contributed by atoms with Gasteiger partial charge in [-0.1, -0.05) is 30.7 Å². The van der Waals surface area contributed by atoms with Crippen LogP contribution in [-0.4, -0.2) is 26.9 Å². The summed E-state index contributed by atoms with van der Waals surface area (Å²) in [5.41, 5.74) is -4.44. The van der Waals surface area contributed by atoms with Gasteiger partial charge in [0, 0.05) is 24.1 Å². The van der Waals surface area contributed by atoms with E-state index in [0.29, 0.717) is 0 Å². The Morgan fingerprint density at radius 2 is 1.73 bits per heavy atom. The molecule has 4 rings (SSSR count). The van der Waals surface area contributed by atoms with E-state index < -0.39 is 46.4 Å². The summed E-state index contributed by atoms with van der Waals surface area (Å²) >= 11 is 6.29. The van der Waals surface area contributed by atoms with E-state index in [0.717, 1.165) is 35.8 Å². The van der Waals surface area contributed by atoms with Crippen LogP contribution in [0.1, 0.15) is 34.3 Å². The van der Waals surface area contributed by atoms with Crippen molar-refractivity contribution in [2.75, 3.05) is 0 Å². The molecular weight excluding hydrogens is 522 g/mol. The van der Waals surface area contributed by atoms with E-state index in [4.69, 9.17) is 25.9 Å². The SMILES string of the molecule is C[C@H](c1ccc(Oc2ccc(C(=O)O)c(F)c2)cc1Cl)[C@@](O)(c1ccc2oc(=O)n(C)c2c1)C(F)(F)F. The zero-order valence-electron chi connectivity index (χ0n) is 19.1. The van der Waals surface area contributed by atoms with E-state index in [2.05, 4.69) is 0 Å². The molecule has 0 saturated carbocycles. The predicted octanol–water partition coefficient (Wildman–Crippen LogP) is 5.97. The third-order valence-corrected chi connectivity index (χ3v) is 6.46. The summed E-state index contributed by atoms with van der Waals surface area (Å²) in [7, 11) is 1.32. The van der Waals surface area contributed by atoms with Crippen molar-refractivity contribution in [3.63, 3.8) is 0 Å². The van der Waals surface area contributed by atoms with Gasteiger partial charge in [0.25, 0.3) is 0 Å². The number of aliphatic hydroxyl groups is 1. The molecule has 2 N–H and O–H groups in total. The van der Waals surface area contributed by atoms with Crippen molar-refractivity contribution in [2.24, 2.45) is 7.05 Å². The summed E-state index contributed by atoms with van der Waals surface area (Å²) in [4.78, 5) is 22.7. The minimum Gasteiger partial charge on any atom is -0.478 e. The Morgan fingerprint density at radius 1 is 1.08 bits per heavy atom. The van der Waals surface area contributed by atoms with Gasteiger partial charge in [-0.2, -0.15) is 13.2 Å². The van der Waals surface area contributed by atoms with Crippen LogP contribution in [0.3, 0.4) is 0 Å². The van der Waals surface area contributed by atoms with E-state index in [1.54, 1.807) is 0 Å². The van der Waals surface area contributed by atoms with Crippen molar-refractivity contribution in [1.29, 1.82) is 0 Å². The second-order valence-electron chi connectivity index (χ2n) is 8.33. The van der Waals surface area contributed by atoms with Crippen LogP contribution in [-0.2, 0) is 12.6 Å². The number of oxazole rings is 1. The van der Waals surface area contributed by atoms with Crippen molar-refractivity contribution in [3.05, 3.63) is 92.7 Å². The van der Waals surface area contributed by atoms with E-state index in [9.17, 15) is 32.3 Å². The highest BCUT2D eigenvalue weighted by Gasteiger charge is 2.59. The lowest BCUT2D eigenvalue weighted by Crippen LogP contribution is -2.46. The minimum absolute atomic E-state index is 0.0359. The number of carboxylic acids is 1. The molecule has 0 aliphatic heterocycles. The monoisotopic (exact) mass is 539 g/mol. The Labute approximate surface area is 211 Å². The van der Waals surface area contributed by atoms with Gasteiger partial charge in [-0.3, -0.25) is 4.57 Å². The molecule has 3 aromatic carbocycles. The number of nitrogens with zero attached hydrogens (tertiary/aromatic N) is 1. The average molecular weight is 540 g/mol. The van der Waals surface area contributed by atoms with E-state index in [-0.39, 0.29) is 33.2 Å². The summed E-state index contributed by atoms with van der Waals surface area (Å²) in [6.45, 7) is 1.15. The molecule has 194 valence electrons. The fraction of sp³-hybridized carbons (Fsp3) is 0.200. The molecular formula is C25H18ClF4NO6. The number of carbonyl (C=O) groups is 1. The van der Waals surface area contributed by atoms with Crippen molar-refractivity contribution in [2.45, 2.75) is 24.6 Å². The van der Waals surface area contributed by atoms with Crippen molar-refractivity contribution in [3.8, 4) is 11.5 Å². The first kappa shape index (κ1) is 26.2. The zero-order valence-corrected chi connectivity index (χ0v) is 19.9. The quantitative estimate of drug-likeness (QED) is 0.293. The summed E-state index contributed by atoms with van der Waals surface area (Å²) < 4.78 is 68.5. The number of rotatable bonds is 6. The minimum atomic E-state index is -5.15. The number of hydrogen-bond acceptors (Lipinski definition) is 5. The second-order valence-corrected chi connectivity index (χ2v) is 8.73. The van der Waals surface area contributed by atoms with Crippen LogP contribution in [0.15, 0.2) is 63.8 Å². The number of benzene rings is 3. The highest BCUT2D eigenvalue weighted by atomic mass is 35.5. The van der Waals surface area contributed by atoms with Gasteiger partial charge < -0.3 is 19.4 Å². The molecule has 0 unspecified atom stereocenters. The van der Waals surface area contributed by atoms with Crippen LogP contribution >= 0.6 is 11.6 Å². The van der Waals surface area contributed by atoms with Gasteiger partial charge in [-0.25, -0.2) is 14.0 Å². The first-order chi connectivity index (χ1) is 17.2. The molecule has 2 atom stereocenters. The number of fused-ring (bicyclic) bond motifs is 1. The number of aromatic carboxylic acids is 1. The van der Waals surface area contributed by atoms with Gasteiger partial charge in [-0.15, -0.1) is 0 Å². The summed E-state index contributed by atoms with van der Waals surface area (Å²) in [5.74, 6) is -4.92. The zero-order chi connectivity index (χ0) is 27.3. The highest BCUT2D eigenvalue weighted by molar-refractivity contribution is 6.31. The predicted molar refractivity (Wildman–Crippen MR) is 125 cm³/mol. The molecule has 12 heteroatoms. The van der Waals surface area contributed by atoms with Crippen LogP contribution in [0.25, 0.3) is 11.1 Å². The van der Waals surface area contributed by atoms with E-state index in [1.165, 1.54) is 37.4 Å². The lowest BCUT2D eigenvalue weighted by Gasteiger charge is -2.37. The summed E-state index contributed by atoms with van der Waals surface area (Å²) in [6.07, 6.45) is -5.15. The topological polar surface area (TPSA) is 102 Å². The Kier molecular flexibility index (Phi) is 6.55. The number of aryl methyl sites for hydroxylation is 1. The second kappa shape index (κ2) is 9.24. The molecule has 0 amide bonds. The van der Waals surface area contributed by atoms with Crippen LogP contribution < -0.4 is 10.5 Å². The molecule has 1 heterocycles. The third kappa shape index (κ3) is 4.56. The molecule has 0 aliphatic rings. The molecule has 1 aromatic heterocycles. The lowest BCUT2D eigenvalue weighted by atomic mass is 9.77. The smallest absolute Gasteiger partial charge is 0.422 e. The first-order valence-electron chi connectivity index (χ1n) is 10.6. The highest BCUT2D eigenvalue weighted by Crippen LogP contribution is 2.50. The van der Waals surface area contributed by atoms with Crippen LogP contribution in [0.4, 0.5) is 17.6 Å². The standard InChI is InChI=1S/C25H18ClF4NO6/c1-12(24(35,25(28,29)30)13-3-8-21-20(9-13)31(2)23(34)37-21)16-6-4-14(10-18(16)26)36-15-5-7-17(22(32)33)19(27)11-15/h3-12,35H,1-2H3,(H,32,33)/t12-,24-/m1/s1. The van der Waals surface area contributed by atoms with Gasteiger partial charge in [0.1, 0.15) is 17.3 Å². The lowest BCUT2D eigenvalue weighted by molar-refractivity contribution is -0.274. The fourth-order valence-corrected chi connectivity index (χ4v) is 4.37. The fourth-order valence-electron chi connectivity index (χ4n) is 4.04. The van der Waals surface area contributed by atoms with Crippen molar-refractivity contribution < 1.29 is 41.7 Å². The molecule has 0 radical (unpaired) electrons. The number of aromatic nitrogens is 1. The summed E-state index contributed by atoms with van der Waals surface area (Å²) in [6, 6.07) is 9.98. The van der Waals surface area contributed by atoms with Crippen LogP contribution in [0.5, 0.6) is 11.5 Å². The third-order valence-electron chi connectivity index (χ3n) is 6.14. The molecule has 0 bridgehead atoms. The number of halogens is 5. The number of carboxylic acid groups (broad SMARTS) is 1. The van der Waals surface area contributed by atoms with Gasteiger partial charge in [0.15, 0.2) is 11.2 Å². The molecule has 37 heavy (non-hydrogen) atoms. The Morgan fingerprint density at radius 3 is 2.32 bits per heavy atom. The molecule has 7 nitrogen and oxygen atoms in total.